The number of benzene rings is 1. The average Bonchev–Trinajstić information content (AvgIpc) is 3.31. The zero-order valence-electron chi connectivity index (χ0n) is 13.5. The van der Waals surface area contributed by atoms with Gasteiger partial charge in [-0.25, -0.2) is 14.3 Å². The molecule has 0 atom stereocenters. The first-order valence-corrected chi connectivity index (χ1v) is 7.92. The number of fused-ring (bicyclic) bond motifs is 1. The van der Waals surface area contributed by atoms with Crippen LogP contribution in [0.1, 0.15) is 17.3 Å². The molecule has 4 aromatic rings. The number of ether oxygens (including phenoxy) is 1. The van der Waals surface area contributed by atoms with Crippen LogP contribution in [0.2, 0.25) is 0 Å². The minimum atomic E-state index is -0.425. The molecule has 25 heavy (non-hydrogen) atoms. The van der Waals surface area contributed by atoms with Crippen molar-refractivity contribution in [1.82, 2.24) is 14.6 Å². The van der Waals surface area contributed by atoms with Crippen molar-refractivity contribution in [2.45, 2.75) is 6.92 Å². The van der Waals surface area contributed by atoms with Crippen molar-refractivity contribution in [3.63, 3.8) is 0 Å². The third kappa shape index (κ3) is 2.67. The molecular weight excluding hydrogens is 318 g/mol. The van der Waals surface area contributed by atoms with Crippen LogP contribution < -0.4 is 0 Å². The van der Waals surface area contributed by atoms with Gasteiger partial charge in [0.2, 0.25) is 0 Å². The van der Waals surface area contributed by atoms with Crippen molar-refractivity contribution in [3.8, 4) is 22.6 Å². The Labute approximate surface area is 143 Å². The number of esters is 1. The number of furan rings is 1. The van der Waals surface area contributed by atoms with E-state index in [1.165, 1.54) is 6.20 Å². The lowest BCUT2D eigenvalue weighted by molar-refractivity contribution is 0.0528. The van der Waals surface area contributed by atoms with Crippen molar-refractivity contribution >= 4 is 11.6 Å². The largest absolute Gasteiger partial charge is 0.464 e. The predicted molar refractivity (Wildman–Crippen MR) is 92.1 cm³/mol. The van der Waals surface area contributed by atoms with Crippen LogP contribution in [0.3, 0.4) is 0 Å². The number of hydrogen-bond donors (Lipinski definition) is 0. The van der Waals surface area contributed by atoms with E-state index in [1.54, 1.807) is 23.9 Å². The summed E-state index contributed by atoms with van der Waals surface area (Å²) in [6, 6.07) is 13.5. The first-order valence-electron chi connectivity index (χ1n) is 7.92. The summed E-state index contributed by atoms with van der Waals surface area (Å²) in [4.78, 5) is 16.3. The molecule has 0 saturated carbocycles. The predicted octanol–water partition coefficient (Wildman–Crippen LogP) is 3.83. The molecular formula is C19H15N3O3. The number of carbonyl (C=O) groups excluding carboxylic acids is 1. The van der Waals surface area contributed by atoms with Gasteiger partial charge in [0.25, 0.3) is 0 Å². The summed E-state index contributed by atoms with van der Waals surface area (Å²) >= 11 is 0. The fraction of sp³-hybridized carbons (Fsp3) is 0.105. The van der Waals surface area contributed by atoms with Gasteiger partial charge in [-0.2, -0.15) is 5.10 Å². The minimum Gasteiger partial charge on any atom is -0.464 e. The summed E-state index contributed by atoms with van der Waals surface area (Å²) in [5.74, 6) is 0.367. The normalized spacial score (nSPS) is 10.9. The van der Waals surface area contributed by atoms with Crippen LogP contribution in [0.25, 0.3) is 28.2 Å². The molecule has 0 spiro atoms. The van der Waals surface area contributed by atoms with Gasteiger partial charge in [-0.3, -0.25) is 0 Å². The number of nitrogens with zero attached hydrogens (tertiary/aromatic N) is 3. The minimum absolute atomic E-state index is 0.307. The van der Waals surface area contributed by atoms with Crippen molar-refractivity contribution in [2.24, 2.45) is 0 Å². The van der Waals surface area contributed by atoms with Crippen LogP contribution in [-0.2, 0) is 4.74 Å². The highest BCUT2D eigenvalue weighted by Crippen LogP contribution is 2.27. The van der Waals surface area contributed by atoms with Crippen molar-refractivity contribution in [2.75, 3.05) is 6.61 Å². The molecule has 0 saturated heterocycles. The summed E-state index contributed by atoms with van der Waals surface area (Å²) in [5.41, 5.74) is 3.56. The second-order valence-electron chi connectivity index (χ2n) is 5.40. The number of hydrogen-bond acceptors (Lipinski definition) is 5. The maximum absolute atomic E-state index is 12.0. The average molecular weight is 333 g/mol. The fourth-order valence-electron chi connectivity index (χ4n) is 2.74. The van der Waals surface area contributed by atoms with E-state index in [2.05, 4.69) is 10.1 Å². The molecule has 1 aromatic carbocycles. The molecule has 0 N–H and O–H groups in total. The van der Waals surface area contributed by atoms with Gasteiger partial charge >= 0.3 is 5.97 Å². The Morgan fingerprint density at radius 3 is 2.88 bits per heavy atom. The van der Waals surface area contributed by atoms with Gasteiger partial charge < -0.3 is 9.15 Å². The topological polar surface area (TPSA) is 69.6 Å². The van der Waals surface area contributed by atoms with E-state index in [0.29, 0.717) is 17.8 Å². The van der Waals surface area contributed by atoms with Crippen LogP contribution in [0.4, 0.5) is 0 Å². The van der Waals surface area contributed by atoms with Crippen LogP contribution in [0.5, 0.6) is 0 Å². The van der Waals surface area contributed by atoms with Gasteiger partial charge in [-0.05, 0) is 31.2 Å². The van der Waals surface area contributed by atoms with Gasteiger partial charge in [0.05, 0.1) is 24.8 Å². The molecule has 4 rings (SSSR count). The van der Waals surface area contributed by atoms with Gasteiger partial charge in [0.15, 0.2) is 5.65 Å². The molecule has 6 nitrogen and oxygen atoms in total. The summed E-state index contributed by atoms with van der Waals surface area (Å²) in [5, 5.41) is 4.32. The van der Waals surface area contributed by atoms with E-state index in [0.717, 1.165) is 22.6 Å². The zero-order valence-corrected chi connectivity index (χ0v) is 13.5. The molecule has 0 aliphatic rings. The Morgan fingerprint density at radius 2 is 2.08 bits per heavy atom. The maximum atomic E-state index is 12.0. The van der Waals surface area contributed by atoms with Gasteiger partial charge in [-0.15, -0.1) is 0 Å². The molecule has 0 amide bonds. The Bertz CT molecular complexity index is 1040. The number of carbonyl (C=O) groups is 1. The third-order valence-electron chi connectivity index (χ3n) is 3.86. The van der Waals surface area contributed by atoms with Gasteiger partial charge in [0, 0.05) is 17.3 Å². The zero-order chi connectivity index (χ0) is 17.2. The molecule has 3 heterocycles. The quantitative estimate of drug-likeness (QED) is 0.531. The van der Waals surface area contributed by atoms with Crippen molar-refractivity contribution in [3.05, 3.63) is 66.7 Å². The molecule has 0 radical (unpaired) electrons. The molecule has 0 bridgehead atoms. The smallest absolute Gasteiger partial charge is 0.343 e. The lowest BCUT2D eigenvalue weighted by atomic mass is 10.1. The monoisotopic (exact) mass is 333 g/mol. The third-order valence-corrected chi connectivity index (χ3v) is 3.86. The molecule has 0 fully saturated rings. The standard InChI is InChI=1S/C19H15N3O3/c1-2-24-19(23)15-12-21-22-16(8-9-20-18(15)22)13-5-3-6-14(11-13)17-7-4-10-25-17/h3-12H,2H2,1H3. The molecule has 0 unspecified atom stereocenters. The second kappa shape index (κ2) is 6.24. The Hall–Kier alpha value is -3.41. The van der Waals surface area contributed by atoms with Crippen LogP contribution >= 0.6 is 0 Å². The Morgan fingerprint density at radius 1 is 1.20 bits per heavy atom. The van der Waals surface area contributed by atoms with Crippen molar-refractivity contribution in [1.29, 1.82) is 0 Å². The Kier molecular flexibility index (Phi) is 3.78. The summed E-state index contributed by atoms with van der Waals surface area (Å²) in [6.07, 6.45) is 4.79. The van der Waals surface area contributed by atoms with E-state index < -0.39 is 5.97 Å². The van der Waals surface area contributed by atoms with E-state index in [9.17, 15) is 4.79 Å². The summed E-state index contributed by atoms with van der Waals surface area (Å²) in [6.45, 7) is 2.07. The highest BCUT2D eigenvalue weighted by molar-refractivity contribution is 5.96. The highest BCUT2D eigenvalue weighted by atomic mass is 16.5. The van der Waals surface area contributed by atoms with Crippen LogP contribution in [0.15, 0.2) is 65.5 Å². The Balaban J connectivity index is 1.83. The summed E-state index contributed by atoms with van der Waals surface area (Å²) in [7, 11) is 0. The van der Waals surface area contributed by atoms with Crippen LogP contribution in [-0.4, -0.2) is 27.2 Å². The second-order valence-corrected chi connectivity index (χ2v) is 5.40. The highest BCUT2D eigenvalue weighted by Gasteiger charge is 2.17. The van der Waals surface area contributed by atoms with Gasteiger partial charge in [-0.1, -0.05) is 18.2 Å². The molecule has 0 aliphatic heterocycles. The number of aromatic nitrogens is 3. The van der Waals surface area contributed by atoms with Gasteiger partial charge in [0.1, 0.15) is 11.3 Å². The molecule has 3 aromatic heterocycles. The van der Waals surface area contributed by atoms with E-state index >= 15 is 0 Å². The van der Waals surface area contributed by atoms with E-state index in [4.69, 9.17) is 9.15 Å². The number of rotatable bonds is 4. The van der Waals surface area contributed by atoms with Crippen molar-refractivity contribution < 1.29 is 13.9 Å². The maximum Gasteiger partial charge on any atom is 0.343 e. The lowest BCUT2D eigenvalue weighted by Crippen LogP contribution is -2.05. The fourth-order valence-corrected chi connectivity index (χ4v) is 2.74. The first-order chi connectivity index (χ1) is 12.3. The van der Waals surface area contributed by atoms with E-state index in [-0.39, 0.29) is 0 Å². The molecule has 124 valence electrons. The molecule has 6 heteroatoms. The molecule has 0 aliphatic carbocycles. The SMILES string of the molecule is CCOC(=O)c1cnn2c(-c3cccc(-c4ccco4)c3)ccnc12. The van der Waals surface area contributed by atoms with Crippen LogP contribution in [0, 0.1) is 0 Å². The first kappa shape index (κ1) is 15.1. The summed E-state index contributed by atoms with van der Waals surface area (Å²) < 4.78 is 12.2. The van der Waals surface area contributed by atoms with E-state index in [1.807, 2.05) is 42.5 Å². The lowest BCUT2D eigenvalue weighted by Gasteiger charge is -2.06.